The predicted octanol–water partition coefficient (Wildman–Crippen LogP) is 3.13. The van der Waals surface area contributed by atoms with Crippen molar-refractivity contribution in [1.29, 1.82) is 0 Å². The molecule has 1 saturated carbocycles. The molecule has 1 aliphatic carbocycles. The molecule has 1 unspecified atom stereocenters. The third-order valence-electron chi connectivity index (χ3n) is 6.17. The average molecular weight is 504 g/mol. The molecule has 202 valence electrons. The van der Waals surface area contributed by atoms with Crippen LogP contribution < -0.4 is 16.4 Å². The molecule has 0 radical (unpaired) electrons. The maximum absolute atomic E-state index is 13.1. The summed E-state index contributed by atoms with van der Waals surface area (Å²) in [6.07, 6.45) is 8.69. The second-order valence-corrected chi connectivity index (χ2v) is 10.6. The number of likely N-dealkylation sites (N-methyl/N-ethyl adjacent to an activating group) is 1. The maximum atomic E-state index is 13.1. The van der Waals surface area contributed by atoms with Crippen LogP contribution in [-0.2, 0) is 20.7 Å². The standard InChI is InChI=1S/C21H33N5O4.C6H12/c1-21(2,3)30-20(29)24-17(19(28)26-11-9-25(4)10-12-26)13-15-5-7-16(8-6-15)23-18(27)14-22;1-2-4-6-5-3-1/h5-8,17H,9-14,22H2,1-4H3,(H,23,27)(H,24,29);1-6H2. The quantitative estimate of drug-likeness (QED) is 0.549. The van der Waals surface area contributed by atoms with Gasteiger partial charge in [-0.05, 0) is 45.5 Å². The molecule has 0 spiro atoms. The molecular weight excluding hydrogens is 458 g/mol. The number of hydrogen-bond donors (Lipinski definition) is 3. The molecule has 4 N–H and O–H groups in total. The Hall–Kier alpha value is -2.65. The lowest BCUT2D eigenvalue weighted by Gasteiger charge is -2.35. The minimum Gasteiger partial charge on any atom is -0.444 e. The molecule has 9 heteroatoms. The molecule has 1 atom stereocenters. The Kier molecular flexibility index (Phi) is 12.2. The summed E-state index contributed by atoms with van der Waals surface area (Å²) in [6.45, 7) is 8.05. The van der Waals surface area contributed by atoms with Crippen LogP contribution in [0.15, 0.2) is 24.3 Å². The molecule has 1 saturated heterocycles. The number of benzene rings is 1. The highest BCUT2D eigenvalue weighted by atomic mass is 16.6. The van der Waals surface area contributed by atoms with Crippen LogP contribution in [0.25, 0.3) is 0 Å². The van der Waals surface area contributed by atoms with Gasteiger partial charge in [0.1, 0.15) is 11.6 Å². The van der Waals surface area contributed by atoms with Gasteiger partial charge in [-0.25, -0.2) is 4.79 Å². The van der Waals surface area contributed by atoms with Crippen molar-refractivity contribution in [1.82, 2.24) is 15.1 Å². The van der Waals surface area contributed by atoms with Crippen molar-refractivity contribution in [3.05, 3.63) is 29.8 Å². The normalized spacial score (nSPS) is 17.3. The fourth-order valence-electron chi connectivity index (χ4n) is 4.13. The van der Waals surface area contributed by atoms with Gasteiger partial charge in [-0.3, -0.25) is 9.59 Å². The lowest BCUT2D eigenvalue weighted by Crippen LogP contribution is -2.55. The molecule has 0 aromatic heterocycles. The third kappa shape index (κ3) is 11.4. The summed E-state index contributed by atoms with van der Waals surface area (Å²) in [6, 6.07) is 6.37. The number of amides is 3. The minimum atomic E-state index is -0.743. The number of nitrogens with two attached hydrogens (primary N) is 1. The molecule has 2 aliphatic rings. The maximum Gasteiger partial charge on any atom is 0.408 e. The number of ether oxygens (including phenoxy) is 1. The predicted molar refractivity (Wildman–Crippen MR) is 143 cm³/mol. The molecule has 1 heterocycles. The highest BCUT2D eigenvalue weighted by molar-refractivity contribution is 5.92. The largest absolute Gasteiger partial charge is 0.444 e. The first-order valence-electron chi connectivity index (χ1n) is 13.1. The average Bonchev–Trinajstić information content (AvgIpc) is 2.85. The van der Waals surface area contributed by atoms with Crippen LogP contribution in [0.4, 0.5) is 10.5 Å². The molecule has 9 nitrogen and oxygen atoms in total. The number of nitrogens with one attached hydrogen (secondary N) is 2. The van der Waals surface area contributed by atoms with Gasteiger partial charge < -0.3 is 30.9 Å². The fourth-order valence-corrected chi connectivity index (χ4v) is 4.13. The first-order valence-corrected chi connectivity index (χ1v) is 13.1. The zero-order valence-corrected chi connectivity index (χ0v) is 22.5. The van der Waals surface area contributed by atoms with Crippen LogP contribution in [0, 0.1) is 0 Å². The van der Waals surface area contributed by atoms with Gasteiger partial charge in [0.25, 0.3) is 0 Å². The van der Waals surface area contributed by atoms with Crippen LogP contribution in [0.3, 0.4) is 0 Å². The molecule has 2 fully saturated rings. The molecule has 3 rings (SSSR count). The van der Waals surface area contributed by atoms with E-state index in [0.717, 1.165) is 18.7 Å². The summed E-state index contributed by atoms with van der Waals surface area (Å²) in [5.74, 6) is -0.410. The molecule has 36 heavy (non-hydrogen) atoms. The number of anilines is 1. The van der Waals surface area contributed by atoms with E-state index in [2.05, 4.69) is 15.5 Å². The van der Waals surface area contributed by atoms with Crippen LogP contribution in [0.1, 0.15) is 64.9 Å². The van der Waals surface area contributed by atoms with E-state index < -0.39 is 17.7 Å². The molecule has 1 aliphatic heterocycles. The Labute approximate surface area is 216 Å². The van der Waals surface area contributed by atoms with E-state index in [1.165, 1.54) is 38.5 Å². The molecule has 1 aromatic rings. The van der Waals surface area contributed by atoms with Gasteiger partial charge in [-0.1, -0.05) is 50.7 Å². The topological polar surface area (TPSA) is 117 Å². The summed E-state index contributed by atoms with van der Waals surface area (Å²) < 4.78 is 5.35. The van der Waals surface area contributed by atoms with Gasteiger partial charge in [-0.15, -0.1) is 0 Å². The van der Waals surface area contributed by atoms with Gasteiger partial charge >= 0.3 is 6.09 Å². The number of rotatable bonds is 6. The van der Waals surface area contributed by atoms with Gasteiger partial charge in [0.05, 0.1) is 6.54 Å². The van der Waals surface area contributed by atoms with E-state index in [0.29, 0.717) is 25.2 Å². The number of alkyl carbamates (subject to hydrolysis) is 1. The summed E-state index contributed by atoms with van der Waals surface area (Å²) in [5, 5.41) is 5.41. The van der Waals surface area contributed by atoms with Crippen molar-refractivity contribution in [3.8, 4) is 0 Å². The fraction of sp³-hybridized carbons (Fsp3) is 0.667. The number of carbonyl (C=O) groups is 3. The monoisotopic (exact) mass is 503 g/mol. The van der Waals surface area contributed by atoms with Crippen molar-refractivity contribution in [2.75, 3.05) is 45.1 Å². The van der Waals surface area contributed by atoms with E-state index in [9.17, 15) is 14.4 Å². The number of nitrogens with zero attached hydrogens (tertiary/aromatic N) is 2. The lowest BCUT2D eigenvalue weighted by atomic mass is 10.0. The molecular formula is C27H45N5O4. The summed E-state index contributed by atoms with van der Waals surface area (Å²) in [4.78, 5) is 40.8. The van der Waals surface area contributed by atoms with Crippen LogP contribution in [-0.4, -0.2) is 79.1 Å². The van der Waals surface area contributed by atoms with Crippen LogP contribution >= 0.6 is 0 Å². The smallest absolute Gasteiger partial charge is 0.408 e. The number of carbonyl (C=O) groups excluding carboxylic acids is 3. The summed E-state index contributed by atoms with van der Waals surface area (Å²) >= 11 is 0. The SMILES string of the molecule is C1CCCCC1.CN1CCN(C(=O)C(Cc2ccc(NC(=O)CN)cc2)NC(=O)OC(C)(C)C)CC1. The van der Waals surface area contributed by atoms with Gasteiger partial charge in [0.15, 0.2) is 0 Å². The highest BCUT2D eigenvalue weighted by Gasteiger charge is 2.29. The van der Waals surface area contributed by atoms with E-state index in [1.54, 1.807) is 37.8 Å². The summed E-state index contributed by atoms with van der Waals surface area (Å²) in [5.41, 5.74) is 6.12. The van der Waals surface area contributed by atoms with Crippen LogP contribution in [0.2, 0.25) is 0 Å². The molecule has 0 bridgehead atoms. The van der Waals surface area contributed by atoms with E-state index in [1.807, 2.05) is 19.2 Å². The van der Waals surface area contributed by atoms with Crippen molar-refractivity contribution < 1.29 is 19.1 Å². The molecule has 3 amide bonds. The zero-order valence-electron chi connectivity index (χ0n) is 22.5. The van der Waals surface area contributed by atoms with Gasteiger partial charge in [0.2, 0.25) is 11.8 Å². The van der Waals surface area contributed by atoms with Crippen molar-refractivity contribution >= 4 is 23.6 Å². The first-order chi connectivity index (χ1) is 17.1. The first kappa shape index (κ1) is 29.6. The number of hydrogen-bond acceptors (Lipinski definition) is 6. The van der Waals surface area contributed by atoms with E-state index in [-0.39, 0.29) is 18.4 Å². The van der Waals surface area contributed by atoms with Crippen molar-refractivity contribution in [2.45, 2.75) is 77.4 Å². The Bertz CT molecular complexity index is 814. The minimum absolute atomic E-state index is 0.0941. The highest BCUT2D eigenvalue weighted by Crippen LogP contribution is 2.16. The van der Waals surface area contributed by atoms with E-state index >= 15 is 0 Å². The van der Waals surface area contributed by atoms with Gasteiger partial charge in [0, 0.05) is 38.3 Å². The second-order valence-electron chi connectivity index (χ2n) is 10.6. The Morgan fingerprint density at radius 3 is 1.94 bits per heavy atom. The van der Waals surface area contributed by atoms with Crippen LogP contribution in [0.5, 0.6) is 0 Å². The van der Waals surface area contributed by atoms with Crippen molar-refractivity contribution in [3.63, 3.8) is 0 Å². The number of piperazine rings is 1. The Balaban J connectivity index is 0.000000662. The second kappa shape index (κ2) is 14.8. The third-order valence-corrected chi connectivity index (χ3v) is 6.17. The zero-order chi connectivity index (χ0) is 26.6. The van der Waals surface area contributed by atoms with Crippen molar-refractivity contribution in [2.24, 2.45) is 5.73 Å². The Morgan fingerprint density at radius 2 is 1.47 bits per heavy atom. The summed E-state index contributed by atoms with van der Waals surface area (Å²) in [7, 11) is 2.02. The molecule has 1 aromatic carbocycles. The Morgan fingerprint density at radius 1 is 0.944 bits per heavy atom. The lowest BCUT2D eigenvalue weighted by molar-refractivity contribution is -0.135. The van der Waals surface area contributed by atoms with Gasteiger partial charge in [-0.2, -0.15) is 0 Å². The van der Waals surface area contributed by atoms with E-state index in [4.69, 9.17) is 10.5 Å².